The molecular formula is C16H30N2O. The van der Waals surface area contributed by atoms with Crippen LogP contribution in [0.5, 0.6) is 0 Å². The van der Waals surface area contributed by atoms with Gasteiger partial charge in [0.15, 0.2) is 0 Å². The van der Waals surface area contributed by atoms with Gasteiger partial charge >= 0.3 is 0 Å². The van der Waals surface area contributed by atoms with Crippen LogP contribution in [0.3, 0.4) is 0 Å². The second-order valence-corrected chi connectivity index (χ2v) is 6.96. The lowest BCUT2D eigenvalue weighted by Gasteiger charge is -2.44. The van der Waals surface area contributed by atoms with Gasteiger partial charge < -0.3 is 15.7 Å². The quantitative estimate of drug-likeness (QED) is 0.713. The average Bonchev–Trinajstić information content (AvgIpc) is 2.49. The topological polar surface area (TPSA) is 44.3 Å². The lowest BCUT2D eigenvalue weighted by Crippen LogP contribution is -2.47. The fourth-order valence-corrected chi connectivity index (χ4v) is 4.77. The molecular weight excluding hydrogens is 236 g/mol. The van der Waals surface area contributed by atoms with Crippen molar-refractivity contribution < 1.29 is 5.11 Å². The van der Waals surface area contributed by atoms with Crippen molar-refractivity contribution in [3.8, 4) is 0 Å². The molecule has 3 heteroatoms. The second kappa shape index (κ2) is 6.55. The molecule has 3 rings (SSSR count). The predicted molar refractivity (Wildman–Crippen MR) is 78.0 cm³/mol. The van der Waals surface area contributed by atoms with Crippen LogP contribution in [-0.2, 0) is 0 Å². The highest BCUT2D eigenvalue weighted by atomic mass is 16.3. The zero-order valence-corrected chi connectivity index (χ0v) is 12.1. The van der Waals surface area contributed by atoms with Gasteiger partial charge in [0.25, 0.3) is 0 Å². The standard InChI is InChI=1S/C16H30N2O/c19-16-14(12-4-2-8-17-10-12)6-1-7-15(16)13-5-3-9-18-11-13/h12-19H,1-11H2. The Bertz CT molecular complexity index is 246. The molecule has 0 aromatic heterocycles. The average molecular weight is 266 g/mol. The zero-order valence-electron chi connectivity index (χ0n) is 12.1. The summed E-state index contributed by atoms with van der Waals surface area (Å²) in [6.07, 6.45) is 9.04. The van der Waals surface area contributed by atoms with Gasteiger partial charge in [-0.25, -0.2) is 0 Å². The van der Waals surface area contributed by atoms with Crippen LogP contribution in [0.1, 0.15) is 44.9 Å². The molecule has 3 N–H and O–H groups in total. The van der Waals surface area contributed by atoms with Gasteiger partial charge in [-0.2, -0.15) is 0 Å². The minimum absolute atomic E-state index is 0.0384. The van der Waals surface area contributed by atoms with Crippen molar-refractivity contribution in [2.24, 2.45) is 23.7 Å². The highest BCUT2D eigenvalue weighted by Crippen LogP contribution is 2.41. The highest BCUT2D eigenvalue weighted by molar-refractivity contribution is 4.91. The van der Waals surface area contributed by atoms with E-state index in [4.69, 9.17) is 0 Å². The molecule has 3 fully saturated rings. The van der Waals surface area contributed by atoms with Crippen molar-refractivity contribution >= 4 is 0 Å². The Labute approximate surface area is 117 Å². The third-order valence-corrected chi connectivity index (χ3v) is 5.83. The van der Waals surface area contributed by atoms with E-state index in [-0.39, 0.29) is 6.10 Å². The van der Waals surface area contributed by atoms with E-state index in [1.165, 1.54) is 58.0 Å². The van der Waals surface area contributed by atoms with Crippen molar-refractivity contribution in [1.29, 1.82) is 0 Å². The van der Waals surface area contributed by atoms with Gasteiger partial charge in [-0.15, -0.1) is 0 Å². The smallest absolute Gasteiger partial charge is 0.0602 e. The molecule has 0 amide bonds. The molecule has 110 valence electrons. The van der Waals surface area contributed by atoms with Crippen LogP contribution in [0, 0.1) is 23.7 Å². The summed E-state index contributed by atoms with van der Waals surface area (Å²) in [6, 6.07) is 0. The second-order valence-electron chi connectivity index (χ2n) is 6.96. The first-order chi connectivity index (χ1) is 9.36. The van der Waals surface area contributed by atoms with E-state index in [9.17, 15) is 5.11 Å². The van der Waals surface area contributed by atoms with E-state index in [1.54, 1.807) is 0 Å². The zero-order chi connectivity index (χ0) is 13.1. The van der Waals surface area contributed by atoms with E-state index in [2.05, 4.69) is 10.6 Å². The maximum Gasteiger partial charge on any atom is 0.0602 e. The van der Waals surface area contributed by atoms with E-state index < -0.39 is 0 Å². The molecule has 4 atom stereocenters. The van der Waals surface area contributed by atoms with Gasteiger partial charge in [-0.05, 0) is 88.4 Å². The van der Waals surface area contributed by atoms with E-state index >= 15 is 0 Å². The first-order valence-electron chi connectivity index (χ1n) is 8.46. The highest BCUT2D eigenvalue weighted by Gasteiger charge is 2.40. The maximum atomic E-state index is 10.9. The Hall–Kier alpha value is -0.120. The fraction of sp³-hybridized carbons (Fsp3) is 1.00. The van der Waals surface area contributed by atoms with Gasteiger partial charge in [0.2, 0.25) is 0 Å². The molecule has 1 saturated carbocycles. The van der Waals surface area contributed by atoms with Crippen LogP contribution in [0.2, 0.25) is 0 Å². The van der Waals surface area contributed by atoms with Gasteiger partial charge in [0.1, 0.15) is 0 Å². The van der Waals surface area contributed by atoms with Gasteiger partial charge in [-0.1, -0.05) is 6.42 Å². The van der Waals surface area contributed by atoms with Crippen molar-refractivity contribution in [2.45, 2.75) is 51.0 Å². The Morgan fingerprint density at radius 1 is 0.684 bits per heavy atom. The molecule has 3 nitrogen and oxygen atoms in total. The summed E-state index contributed by atoms with van der Waals surface area (Å²) in [6.45, 7) is 4.62. The Morgan fingerprint density at radius 3 is 1.63 bits per heavy atom. The summed E-state index contributed by atoms with van der Waals surface area (Å²) in [5, 5.41) is 17.9. The summed E-state index contributed by atoms with van der Waals surface area (Å²) < 4.78 is 0. The third kappa shape index (κ3) is 3.14. The molecule has 3 aliphatic rings. The first-order valence-corrected chi connectivity index (χ1v) is 8.46. The van der Waals surface area contributed by atoms with Crippen LogP contribution in [0.25, 0.3) is 0 Å². The van der Waals surface area contributed by atoms with Gasteiger partial charge in [-0.3, -0.25) is 0 Å². The molecule has 0 bridgehead atoms. The van der Waals surface area contributed by atoms with Crippen molar-refractivity contribution in [3.05, 3.63) is 0 Å². The summed E-state index contributed by atoms with van der Waals surface area (Å²) in [5.41, 5.74) is 0. The van der Waals surface area contributed by atoms with Crippen LogP contribution < -0.4 is 10.6 Å². The summed E-state index contributed by atoms with van der Waals surface area (Å²) in [7, 11) is 0. The third-order valence-electron chi connectivity index (χ3n) is 5.83. The number of rotatable bonds is 2. The molecule has 0 aromatic carbocycles. The molecule has 2 aliphatic heterocycles. The Kier molecular flexibility index (Phi) is 4.78. The summed E-state index contributed by atoms with van der Waals surface area (Å²) in [5.74, 6) is 2.58. The molecule has 4 unspecified atom stereocenters. The molecule has 2 saturated heterocycles. The van der Waals surface area contributed by atoms with Crippen LogP contribution in [0.4, 0.5) is 0 Å². The van der Waals surface area contributed by atoms with Crippen molar-refractivity contribution in [2.75, 3.05) is 26.2 Å². The molecule has 2 heterocycles. The normalized spacial score (nSPS) is 45.0. The molecule has 0 radical (unpaired) electrons. The molecule has 0 aromatic rings. The predicted octanol–water partition coefficient (Wildman–Crippen LogP) is 1.76. The molecule has 1 aliphatic carbocycles. The molecule has 19 heavy (non-hydrogen) atoms. The summed E-state index contributed by atoms with van der Waals surface area (Å²) in [4.78, 5) is 0. The fourth-order valence-electron chi connectivity index (χ4n) is 4.77. The number of nitrogens with one attached hydrogen (secondary N) is 2. The Morgan fingerprint density at radius 2 is 1.21 bits per heavy atom. The maximum absolute atomic E-state index is 10.9. The SMILES string of the molecule is OC1C(C2CCCNC2)CCCC1C1CCCNC1. The molecule has 0 spiro atoms. The van der Waals surface area contributed by atoms with Crippen LogP contribution in [0.15, 0.2) is 0 Å². The number of aliphatic hydroxyl groups is 1. The largest absolute Gasteiger partial charge is 0.393 e. The number of hydrogen-bond acceptors (Lipinski definition) is 3. The number of piperidine rings is 2. The number of hydrogen-bond donors (Lipinski definition) is 3. The van der Waals surface area contributed by atoms with Crippen molar-refractivity contribution in [1.82, 2.24) is 10.6 Å². The van der Waals surface area contributed by atoms with Crippen LogP contribution in [-0.4, -0.2) is 37.4 Å². The number of aliphatic hydroxyl groups excluding tert-OH is 1. The lowest BCUT2D eigenvalue weighted by molar-refractivity contribution is -0.0392. The first kappa shape index (κ1) is 13.8. The Balaban J connectivity index is 1.62. The van der Waals surface area contributed by atoms with Gasteiger partial charge in [0.05, 0.1) is 6.10 Å². The van der Waals surface area contributed by atoms with E-state index in [0.717, 1.165) is 24.9 Å². The minimum Gasteiger partial charge on any atom is -0.393 e. The van der Waals surface area contributed by atoms with Crippen molar-refractivity contribution in [3.63, 3.8) is 0 Å². The summed E-state index contributed by atoms with van der Waals surface area (Å²) >= 11 is 0. The van der Waals surface area contributed by atoms with E-state index in [0.29, 0.717) is 11.8 Å². The minimum atomic E-state index is -0.0384. The van der Waals surface area contributed by atoms with E-state index in [1.807, 2.05) is 0 Å². The lowest BCUT2D eigenvalue weighted by atomic mass is 9.66. The monoisotopic (exact) mass is 266 g/mol. The van der Waals surface area contributed by atoms with Crippen LogP contribution >= 0.6 is 0 Å². The van der Waals surface area contributed by atoms with Gasteiger partial charge in [0, 0.05) is 0 Å².